The second-order valence-electron chi connectivity index (χ2n) is 8.08. The van der Waals surface area contributed by atoms with Crippen LogP contribution in [0.1, 0.15) is 26.7 Å². The fourth-order valence-corrected chi connectivity index (χ4v) is 3.86. The van der Waals surface area contributed by atoms with Crippen LogP contribution >= 0.6 is 0 Å². The van der Waals surface area contributed by atoms with Gasteiger partial charge in [-0.1, -0.05) is 13.8 Å². The number of likely N-dealkylation sites (N-methyl/N-ethyl adjacent to an activating group) is 1. The normalized spacial score (nSPS) is 21.8. The fourth-order valence-electron chi connectivity index (χ4n) is 3.86. The number of carbonyl (C=O) groups is 1. The third-order valence-corrected chi connectivity index (χ3v) is 5.43. The van der Waals surface area contributed by atoms with Gasteiger partial charge in [-0.2, -0.15) is 0 Å². The molecule has 2 amide bonds. The SMILES string of the molecule is CN=C1CCN(CC(C)C)CC/C1=C/Nc1ccc(N2CCN(C)C2=O)cc1. The molecule has 0 unspecified atom stereocenters. The van der Waals surface area contributed by atoms with Gasteiger partial charge in [0.15, 0.2) is 0 Å². The number of likely N-dealkylation sites (tertiary alicyclic amines) is 1. The summed E-state index contributed by atoms with van der Waals surface area (Å²) in [6.45, 7) is 9.37. The van der Waals surface area contributed by atoms with Crippen LogP contribution in [-0.4, -0.2) is 68.4 Å². The van der Waals surface area contributed by atoms with Crippen LogP contribution in [0.15, 0.2) is 41.0 Å². The average Bonchev–Trinajstić information content (AvgIpc) is 2.89. The number of carbonyl (C=O) groups excluding carboxylic acids is 1. The number of anilines is 2. The van der Waals surface area contributed by atoms with E-state index in [9.17, 15) is 4.79 Å². The van der Waals surface area contributed by atoms with Gasteiger partial charge < -0.3 is 15.1 Å². The first-order valence-corrected chi connectivity index (χ1v) is 10.2. The molecule has 2 aliphatic rings. The molecule has 0 bridgehead atoms. The first-order valence-electron chi connectivity index (χ1n) is 10.2. The molecule has 0 aromatic heterocycles. The lowest BCUT2D eigenvalue weighted by Crippen LogP contribution is -2.29. The summed E-state index contributed by atoms with van der Waals surface area (Å²) in [5.41, 5.74) is 4.45. The van der Waals surface area contributed by atoms with E-state index in [4.69, 9.17) is 0 Å². The van der Waals surface area contributed by atoms with Crippen LogP contribution in [-0.2, 0) is 0 Å². The zero-order valence-corrected chi connectivity index (χ0v) is 17.6. The van der Waals surface area contributed by atoms with Gasteiger partial charge in [0.25, 0.3) is 0 Å². The summed E-state index contributed by atoms with van der Waals surface area (Å²) >= 11 is 0. The summed E-state index contributed by atoms with van der Waals surface area (Å²) in [7, 11) is 3.73. The van der Waals surface area contributed by atoms with Gasteiger partial charge in [-0.15, -0.1) is 0 Å². The topological polar surface area (TPSA) is 51.2 Å². The molecular weight excluding hydrogens is 350 g/mol. The summed E-state index contributed by atoms with van der Waals surface area (Å²) in [5, 5.41) is 3.42. The quantitative estimate of drug-likeness (QED) is 0.844. The van der Waals surface area contributed by atoms with Crippen molar-refractivity contribution in [2.24, 2.45) is 10.9 Å². The Balaban J connectivity index is 1.64. The van der Waals surface area contributed by atoms with Crippen LogP contribution in [0.5, 0.6) is 0 Å². The summed E-state index contributed by atoms with van der Waals surface area (Å²) in [6, 6.07) is 8.13. The molecule has 1 aromatic carbocycles. The summed E-state index contributed by atoms with van der Waals surface area (Å²) in [4.78, 5) is 22.8. The number of nitrogens with zero attached hydrogens (tertiary/aromatic N) is 4. The number of hydrogen-bond acceptors (Lipinski definition) is 4. The van der Waals surface area contributed by atoms with Crippen molar-refractivity contribution in [1.82, 2.24) is 9.80 Å². The Labute approximate surface area is 168 Å². The molecular formula is C22H33N5O. The molecule has 1 aromatic rings. The minimum Gasteiger partial charge on any atom is -0.361 e. The molecule has 2 fully saturated rings. The monoisotopic (exact) mass is 383 g/mol. The number of nitrogens with one attached hydrogen (secondary N) is 1. The Morgan fingerprint density at radius 3 is 2.43 bits per heavy atom. The number of hydrogen-bond donors (Lipinski definition) is 1. The van der Waals surface area contributed by atoms with Gasteiger partial charge in [-0.3, -0.25) is 9.89 Å². The van der Waals surface area contributed by atoms with Gasteiger partial charge in [-0.05, 0) is 42.2 Å². The van der Waals surface area contributed by atoms with Gasteiger partial charge in [0, 0.05) is 76.5 Å². The minimum absolute atomic E-state index is 0.0658. The van der Waals surface area contributed by atoms with Gasteiger partial charge in [0.2, 0.25) is 0 Å². The van der Waals surface area contributed by atoms with Crippen LogP contribution in [0.3, 0.4) is 0 Å². The maximum absolute atomic E-state index is 12.1. The van der Waals surface area contributed by atoms with Crippen molar-refractivity contribution >= 4 is 23.1 Å². The number of benzene rings is 1. The first kappa shape index (κ1) is 20.4. The number of amides is 2. The van der Waals surface area contributed by atoms with Crippen molar-refractivity contribution in [3.8, 4) is 0 Å². The average molecular weight is 384 g/mol. The van der Waals surface area contributed by atoms with E-state index in [1.54, 1.807) is 4.90 Å². The van der Waals surface area contributed by atoms with E-state index in [-0.39, 0.29) is 6.03 Å². The largest absolute Gasteiger partial charge is 0.361 e. The lowest BCUT2D eigenvalue weighted by atomic mass is 10.1. The van der Waals surface area contributed by atoms with Crippen molar-refractivity contribution in [2.45, 2.75) is 26.7 Å². The summed E-state index contributed by atoms with van der Waals surface area (Å²) in [6.07, 6.45) is 4.12. The molecule has 28 heavy (non-hydrogen) atoms. The van der Waals surface area contributed by atoms with Gasteiger partial charge >= 0.3 is 6.03 Å². The molecule has 6 nitrogen and oxygen atoms in total. The molecule has 152 valence electrons. The molecule has 2 aliphatic heterocycles. The minimum atomic E-state index is 0.0658. The summed E-state index contributed by atoms with van der Waals surface area (Å²) in [5.74, 6) is 0.687. The Kier molecular flexibility index (Phi) is 6.73. The zero-order valence-electron chi connectivity index (χ0n) is 17.6. The second-order valence-corrected chi connectivity index (χ2v) is 8.08. The van der Waals surface area contributed by atoms with Crippen LogP contribution in [0, 0.1) is 5.92 Å². The highest BCUT2D eigenvalue weighted by Gasteiger charge is 2.26. The Morgan fingerprint density at radius 1 is 1.11 bits per heavy atom. The smallest absolute Gasteiger partial charge is 0.324 e. The maximum atomic E-state index is 12.1. The molecule has 2 heterocycles. The lowest BCUT2D eigenvalue weighted by molar-refractivity contribution is 0.229. The third kappa shape index (κ3) is 4.93. The molecule has 1 N–H and O–H groups in total. The number of urea groups is 1. The Morgan fingerprint density at radius 2 is 1.82 bits per heavy atom. The van der Waals surface area contributed by atoms with Crippen LogP contribution < -0.4 is 10.2 Å². The highest BCUT2D eigenvalue weighted by atomic mass is 16.2. The van der Waals surface area contributed by atoms with E-state index in [1.807, 2.05) is 43.3 Å². The van der Waals surface area contributed by atoms with Crippen LogP contribution in [0.25, 0.3) is 0 Å². The van der Waals surface area contributed by atoms with E-state index in [1.165, 1.54) is 11.3 Å². The van der Waals surface area contributed by atoms with Crippen molar-refractivity contribution < 1.29 is 4.79 Å². The molecule has 3 rings (SSSR count). The van der Waals surface area contributed by atoms with Crippen molar-refractivity contribution in [3.63, 3.8) is 0 Å². The van der Waals surface area contributed by atoms with E-state index in [0.717, 1.165) is 56.9 Å². The van der Waals surface area contributed by atoms with Crippen LogP contribution in [0.2, 0.25) is 0 Å². The molecule has 0 atom stereocenters. The van der Waals surface area contributed by atoms with Crippen LogP contribution in [0.4, 0.5) is 16.2 Å². The molecule has 0 radical (unpaired) electrons. The zero-order chi connectivity index (χ0) is 20.1. The van der Waals surface area contributed by atoms with E-state index in [2.05, 4.69) is 35.3 Å². The van der Waals surface area contributed by atoms with Gasteiger partial charge in [0.1, 0.15) is 0 Å². The van der Waals surface area contributed by atoms with E-state index >= 15 is 0 Å². The molecule has 0 aliphatic carbocycles. The lowest BCUT2D eigenvalue weighted by Gasteiger charge is -2.21. The Bertz CT molecular complexity index is 738. The van der Waals surface area contributed by atoms with E-state index < -0.39 is 0 Å². The first-order chi connectivity index (χ1) is 13.5. The molecule has 6 heteroatoms. The molecule has 0 spiro atoms. The molecule has 2 saturated heterocycles. The third-order valence-electron chi connectivity index (χ3n) is 5.43. The Hall–Kier alpha value is -2.34. The van der Waals surface area contributed by atoms with Gasteiger partial charge in [-0.25, -0.2) is 4.79 Å². The standard InChI is InChI=1S/C22H33N5O/c1-17(2)16-26-11-9-18(21(23-3)10-12-26)15-24-19-5-7-20(8-6-19)27-14-13-25(4)22(27)28/h5-8,15,17,24H,9-14,16H2,1-4H3/b18-15-,23-21?. The van der Waals surface area contributed by atoms with Crippen molar-refractivity contribution in [1.29, 1.82) is 0 Å². The number of rotatable bonds is 5. The fraction of sp³-hybridized carbons (Fsp3) is 0.545. The van der Waals surface area contributed by atoms with Crippen molar-refractivity contribution in [3.05, 3.63) is 36.0 Å². The number of aliphatic imine (C=N–C) groups is 1. The predicted octanol–water partition coefficient (Wildman–Crippen LogP) is 3.68. The van der Waals surface area contributed by atoms with Crippen molar-refractivity contribution in [2.75, 3.05) is 57.0 Å². The molecule has 0 saturated carbocycles. The van der Waals surface area contributed by atoms with E-state index in [0.29, 0.717) is 5.92 Å². The second kappa shape index (κ2) is 9.24. The van der Waals surface area contributed by atoms with Gasteiger partial charge in [0.05, 0.1) is 0 Å². The maximum Gasteiger partial charge on any atom is 0.324 e. The summed E-state index contributed by atoms with van der Waals surface area (Å²) < 4.78 is 0. The highest BCUT2D eigenvalue weighted by molar-refractivity contribution is 6.00. The highest BCUT2D eigenvalue weighted by Crippen LogP contribution is 2.22. The predicted molar refractivity (Wildman–Crippen MR) is 117 cm³/mol.